The normalized spacial score (nSPS) is 37.4. The van der Waals surface area contributed by atoms with Gasteiger partial charge in [-0.25, -0.2) is 0 Å². The van der Waals surface area contributed by atoms with Gasteiger partial charge in [0.1, 0.15) is 0 Å². The Labute approximate surface area is 94.1 Å². The molecule has 0 amide bonds. The Kier molecular flexibility index (Phi) is 4.61. The lowest BCUT2D eigenvalue weighted by atomic mass is 9.86. The van der Waals surface area contributed by atoms with Crippen LogP contribution < -0.4 is 0 Å². The Morgan fingerprint density at radius 3 is 2.33 bits per heavy atom. The van der Waals surface area contributed by atoms with Crippen LogP contribution in [0.1, 0.15) is 19.8 Å². The molecule has 0 aromatic carbocycles. The molecule has 0 nitrogen and oxygen atoms in total. The van der Waals surface area contributed by atoms with Crippen LogP contribution in [0.15, 0.2) is 50.1 Å². The highest BCUT2D eigenvalue weighted by Crippen LogP contribution is 2.52. The van der Waals surface area contributed by atoms with Crippen molar-refractivity contribution in [1.82, 2.24) is 0 Å². The minimum absolute atomic E-state index is 0.925. The highest BCUT2D eigenvalue weighted by atomic mass is 14.5. The fourth-order valence-corrected chi connectivity index (χ4v) is 2.97. The molecule has 1 fully saturated rings. The summed E-state index contributed by atoms with van der Waals surface area (Å²) < 4.78 is 0. The number of hydrogen-bond donors (Lipinski definition) is 0. The van der Waals surface area contributed by atoms with Crippen LogP contribution in [0.25, 0.3) is 0 Å². The average molecular weight is 202 g/mol. The summed E-state index contributed by atoms with van der Waals surface area (Å²) in [5.74, 6) is 3.82. The third-order valence-corrected chi connectivity index (χ3v) is 3.46. The summed E-state index contributed by atoms with van der Waals surface area (Å²) in [4.78, 5) is 0. The first kappa shape index (κ1) is 12.0. The number of allylic oxidation sites excluding steroid dienone is 5. The quantitative estimate of drug-likeness (QED) is 0.511. The van der Waals surface area contributed by atoms with Crippen LogP contribution in [0.4, 0.5) is 0 Å². The fourth-order valence-electron chi connectivity index (χ4n) is 2.97. The molecule has 2 bridgehead atoms. The van der Waals surface area contributed by atoms with E-state index in [1.807, 2.05) is 6.92 Å². The van der Waals surface area contributed by atoms with Crippen LogP contribution in [-0.2, 0) is 0 Å². The lowest BCUT2D eigenvalue weighted by molar-refractivity contribution is 0.398. The second-order valence-electron chi connectivity index (χ2n) is 4.26. The first-order valence-electron chi connectivity index (χ1n) is 5.79. The maximum atomic E-state index is 3.36. The van der Waals surface area contributed by atoms with E-state index in [1.54, 1.807) is 6.08 Å². The Hall–Kier alpha value is -1.04. The SMILES string of the molecule is C1=CC2C(C1)[C@@H]1C=C[C@H]2C1.C=C.C=CC. The van der Waals surface area contributed by atoms with Gasteiger partial charge in [-0.1, -0.05) is 30.4 Å². The molecule has 0 aromatic heterocycles. The smallest absolute Gasteiger partial charge is 0.0133 e. The average Bonchev–Trinajstić information content (AvgIpc) is 2.96. The van der Waals surface area contributed by atoms with Gasteiger partial charge in [-0.05, 0) is 43.4 Å². The van der Waals surface area contributed by atoms with Crippen molar-refractivity contribution in [3.8, 4) is 0 Å². The van der Waals surface area contributed by atoms with Gasteiger partial charge in [0.25, 0.3) is 0 Å². The van der Waals surface area contributed by atoms with E-state index in [4.69, 9.17) is 0 Å². The molecular formula is C15H22. The van der Waals surface area contributed by atoms with E-state index in [-0.39, 0.29) is 0 Å². The van der Waals surface area contributed by atoms with Gasteiger partial charge < -0.3 is 0 Å². The van der Waals surface area contributed by atoms with Crippen molar-refractivity contribution >= 4 is 0 Å². The van der Waals surface area contributed by atoms with Crippen LogP contribution in [0, 0.1) is 23.7 Å². The summed E-state index contributed by atoms with van der Waals surface area (Å²) in [5, 5.41) is 0. The molecule has 0 spiro atoms. The highest BCUT2D eigenvalue weighted by Gasteiger charge is 2.44. The maximum absolute atomic E-state index is 3.36. The molecule has 2 unspecified atom stereocenters. The van der Waals surface area contributed by atoms with Gasteiger partial charge in [0.15, 0.2) is 0 Å². The Balaban J connectivity index is 0.000000198. The van der Waals surface area contributed by atoms with E-state index in [0.29, 0.717) is 0 Å². The predicted molar refractivity (Wildman–Crippen MR) is 68.6 cm³/mol. The molecular weight excluding hydrogens is 180 g/mol. The fraction of sp³-hybridized carbons (Fsp3) is 0.467. The summed E-state index contributed by atoms with van der Waals surface area (Å²) >= 11 is 0. The van der Waals surface area contributed by atoms with Crippen molar-refractivity contribution in [2.24, 2.45) is 23.7 Å². The predicted octanol–water partition coefficient (Wildman–Crippen LogP) is 4.38. The van der Waals surface area contributed by atoms with Gasteiger partial charge in [-0.3, -0.25) is 0 Å². The van der Waals surface area contributed by atoms with Gasteiger partial charge in [0, 0.05) is 0 Å². The van der Waals surface area contributed by atoms with Crippen LogP contribution in [0.5, 0.6) is 0 Å². The molecule has 0 heterocycles. The number of hydrogen-bond acceptors (Lipinski definition) is 0. The zero-order valence-electron chi connectivity index (χ0n) is 9.73. The van der Waals surface area contributed by atoms with Gasteiger partial charge in [-0.15, -0.1) is 19.7 Å². The topological polar surface area (TPSA) is 0 Å². The highest BCUT2D eigenvalue weighted by molar-refractivity contribution is 5.21. The Morgan fingerprint density at radius 1 is 1.13 bits per heavy atom. The molecule has 3 rings (SSSR count). The molecule has 3 aliphatic rings. The second kappa shape index (κ2) is 5.75. The van der Waals surface area contributed by atoms with Crippen LogP contribution in [0.3, 0.4) is 0 Å². The van der Waals surface area contributed by atoms with E-state index < -0.39 is 0 Å². The number of fused-ring (bicyclic) bond motifs is 5. The summed E-state index contributed by atoms with van der Waals surface area (Å²) in [5.41, 5.74) is 0. The zero-order valence-corrected chi connectivity index (χ0v) is 9.73. The molecule has 4 atom stereocenters. The minimum atomic E-state index is 0.925. The maximum Gasteiger partial charge on any atom is -0.0133 e. The summed E-state index contributed by atoms with van der Waals surface area (Å²) in [6.07, 6.45) is 14.3. The Morgan fingerprint density at radius 2 is 1.73 bits per heavy atom. The lowest BCUT2D eigenvalue weighted by Gasteiger charge is -2.18. The van der Waals surface area contributed by atoms with Crippen LogP contribution >= 0.6 is 0 Å². The van der Waals surface area contributed by atoms with Gasteiger partial charge in [0.05, 0.1) is 0 Å². The molecule has 1 saturated carbocycles. The Bertz CT molecular complexity index is 259. The molecule has 82 valence electrons. The van der Waals surface area contributed by atoms with E-state index in [1.165, 1.54) is 12.8 Å². The largest absolute Gasteiger partial charge is 0.106 e. The summed E-state index contributed by atoms with van der Waals surface area (Å²) in [6.45, 7) is 11.2. The van der Waals surface area contributed by atoms with E-state index in [2.05, 4.69) is 44.0 Å². The van der Waals surface area contributed by atoms with E-state index >= 15 is 0 Å². The molecule has 0 radical (unpaired) electrons. The minimum Gasteiger partial charge on any atom is -0.106 e. The van der Waals surface area contributed by atoms with Gasteiger partial charge in [0.2, 0.25) is 0 Å². The molecule has 0 aromatic rings. The molecule has 0 saturated heterocycles. The zero-order chi connectivity index (χ0) is 11.3. The first-order chi connectivity index (χ1) is 7.36. The lowest BCUT2D eigenvalue weighted by Crippen LogP contribution is -2.12. The third-order valence-electron chi connectivity index (χ3n) is 3.46. The van der Waals surface area contributed by atoms with Gasteiger partial charge >= 0.3 is 0 Å². The molecule has 3 aliphatic carbocycles. The monoisotopic (exact) mass is 202 g/mol. The summed E-state index contributed by atoms with van der Waals surface area (Å²) in [7, 11) is 0. The van der Waals surface area contributed by atoms with Crippen molar-refractivity contribution in [1.29, 1.82) is 0 Å². The molecule has 0 heteroatoms. The van der Waals surface area contributed by atoms with Crippen molar-refractivity contribution in [2.75, 3.05) is 0 Å². The standard InChI is InChI=1S/C10H12.C3H6.C2H4/c1-2-9-7-4-5-8(6-7)10(9)3-1;1-3-2;1-2/h1-2,4-5,7-10H,3,6H2;3H,1H2,2H3;1-2H2/t7-,8+,9?,10?;;/m0../s1. The van der Waals surface area contributed by atoms with Gasteiger partial charge in [-0.2, -0.15) is 0 Å². The third kappa shape index (κ3) is 2.31. The van der Waals surface area contributed by atoms with Crippen LogP contribution in [-0.4, -0.2) is 0 Å². The molecule has 0 N–H and O–H groups in total. The van der Waals surface area contributed by atoms with Crippen LogP contribution in [0.2, 0.25) is 0 Å². The van der Waals surface area contributed by atoms with Crippen molar-refractivity contribution in [3.63, 3.8) is 0 Å². The molecule has 0 aliphatic heterocycles. The molecule has 15 heavy (non-hydrogen) atoms. The summed E-state index contributed by atoms with van der Waals surface area (Å²) in [6, 6.07) is 0. The van der Waals surface area contributed by atoms with E-state index in [0.717, 1.165) is 23.7 Å². The second-order valence-corrected chi connectivity index (χ2v) is 4.26. The van der Waals surface area contributed by atoms with E-state index in [9.17, 15) is 0 Å². The van der Waals surface area contributed by atoms with Crippen molar-refractivity contribution in [3.05, 3.63) is 50.1 Å². The number of rotatable bonds is 0. The van der Waals surface area contributed by atoms with Crippen molar-refractivity contribution < 1.29 is 0 Å². The first-order valence-corrected chi connectivity index (χ1v) is 5.79. The van der Waals surface area contributed by atoms with Crippen molar-refractivity contribution in [2.45, 2.75) is 19.8 Å².